The van der Waals surface area contributed by atoms with Crippen molar-refractivity contribution in [2.45, 2.75) is 19.8 Å². The molecule has 0 bridgehead atoms. The zero-order chi connectivity index (χ0) is 20.5. The van der Waals surface area contributed by atoms with Crippen molar-refractivity contribution < 1.29 is 9.53 Å². The van der Waals surface area contributed by atoms with Crippen molar-refractivity contribution in [2.24, 2.45) is 0 Å². The minimum absolute atomic E-state index is 0.230. The summed E-state index contributed by atoms with van der Waals surface area (Å²) in [5.41, 5.74) is 3.44. The summed E-state index contributed by atoms with van der Waals surface area (Å²) in [4.78, 5) is 12.5. The van der Waals surface area contributed by atoms with Gasteiger partial charge in [0.1, 0.15) is 5.75 Å². The molecule has 0 saturated carbocycles. The second-order valence-electron chi connectivity index (χ2n) is 6.55. The summed E-state index contributed by atoms with van der Waals surface area (Å²) < 4.78 is 5.79. The van der Waals surface area contributed by atoms with Gasteiger partial charge in [0.25, 0.3) is 5.91 Å². The van der Waals surface area contributed by atoms with Crippen LogP contribution in [0.15, 0.2) is 78.9 Å². The number of para-hydroxylation sites is 2. The van der Waals surface area contributed by atoms with Gasteiger partial charge >= 0.3 is 0 Å². The van der Waals surface area contributed by atoms with E-state index in [0.717, 1.165) is 29.7 Å². The molecular weight excluding hydrogens is 380 g/mol. The fraction of sp³-hybridized carbons (Fsp3) is 0.167. The third kappa shape index (κ3) is 5.90. The normalized spacial score (nSPS) is 10.2. The molecular formula is C24H24N2O2S. The van der Waals surface area contributed by atoms with E-state index in [-0.39, 0.29) is 11.0 Å². The van der Waals surface area contributed by atoms with E-state index in [9.17, 15) is 4.79 Å². The maximum absolute atomic E-state index is 12.5. The van der Waals surface area contributed by atoms with Gasteiger partial charge < -0.3 is 10.1 Å². The van der Waals surface area contributed by atoms with Gasteiger partial charge in [-0.1, -0.05) is 67.9 Å². The lowest BCUT2D eigenvalue weighted by atomic mass is 10.0. The Kier molecular flexibility index (Phi) is 7.36. The third-order valence-electron chi connectivity index (χ3n) is 4.37. The van der Waals surface area contributed by atoms with Crippen molar-refractivity contribution in [3.05, 3.63) is 84.4 Å². The highest BCUT2D eigenvalue weighted by Gasteiger charge is 2.10. The highest BCUT2D eigenvalue weighted by Crippen LogP contribution is 2.24. The van der Waals surface area contributed by atoms with E-state index in [2.05, 4.69) is 17.6 Å². The molecule has 3 aromatic carbocycles. The summed E-state index contributed by atoms with van der Waals surface area (Å²) in [6.07, 6.45) is 2.04. The topological polar surface area (TPSA) is 50.4 Å². The largest absolute Gasteiger partial charge is 0.491 e. The predicted octanol–water partition coefficient (Wildman–Crippen LogP) is 5.66. The Morgan fingerprint density at radius 1 is 0.897 bits per heavy atom. The Hall–Kier alpha value is -3.18. The highest BCUT2D eigenvalue weighted by molar-refractivity contribution is 7.80. The van der Waals surface area contributed by atoms with E-state index in [0.29, 0.717) is 17.9 Å². The van der Waals surface area contributed by atoms with Crippen LogP contribution in [-0.4, -0.2) is 17.6 Å². The monoisotopic (exact) mass is 404 g/mol. The van der Waals surface area contributed by atoms with Crippen molar-refractivity contribution in [3.8, 4) is 16.9 Å². The Balaban J connectivity index is 1.60. The molecule has 29 heavy (non-hydrogen) atoms. The standard InChI is InChI=1S/C24H24N2O2S/c1-2-3-17-28-22-12-8-7-11-21(22)25-24(29)26-23(27)20-15-13-19(14-16-20)18-9-5-4-6-10-18/h4-16H,2-3,17H2,1H3,(H2,25,26,27,29). The summed E-state index contributed by atoms with van der Waals surface area (Å²) >= 11 is 5.31. The molecule has 0 fully saturated rings. The molecule has 0 spiro atoms. The van der Waals surface area contributed by atoms with Crippen LogP contribution in [0.4, 0.5) is 5.69 Å². The van der Waals surface area contributed by atoms with E-state index in [1.807, 2.05) is 66.7 Å². The van der Waals surface area contributed by atoms with Crippen LogP contribution in [0.1, 0.15) is 30.1 Å². The molecule has 0 aliphatic heterocycles. The minimum atomic E-state index is -0.258. The number of unbranched alkanes of at least 4 members (excludes halogenated alkanes) is 1. The van der Waals surface area contributed by atoms with Crippen LogP contribution in [-0.2, 0) is 0 Å². The van der Waals surface area contributed by atoms with Crippen LogP contribution in [0.5, 0.6) is 5.75 Å². The maximum Gasteiger partial charge on any atom is 0.257 e. The number of carbonyl (C=O) groups is 1. The van der Waals surface area contributed by atoms with Gasteiger partial charge in [-0.25, -0.2) is 0 Å². The summed E-state index contributed by atoms with van der Waals surface area (Å²) in [5.74, 6) is 0.455. The second-order valence-corrected chi connectivity index (χ2v) is 6.96. The first kappa shape index (κ1) is 20.6. The molecule has 2 N–H and O–H groups in total. The van der Waals surface area contributed by atoms with Gasteiger partial charge in [0.2, 0.25) is 0 Å². The summed E-state index contributed by atoms with van der Waals surface area (Å²) in [7, 11) is 0. The zero-order valence-corrected chi connectivity index (χ0v) is 17.2. The van der Waals surface area contributed by atoms with Crippen molar-refractivity contribution in [2.75, 3.05) is 11.9 Å². The molecule has 3 aromatic rings. The first-order valence-corrected chi connectivity index (χ1v) is 10.1. The van der Waals surface area contributed by atoms with Crippen LogP contribution in [0, 0.1) is 0 Å². The van der Waals surface area contributed by atoms with Gasteiger partial charge in [-0.3, -0.25) is 10.1 Å². The number of anilines is 1. The van der Waals surface area contributed by atoms with Gasteiger partial charge in [0, 0.05) is 5.56 Å². The van der Waals surface area contributed by atoms with Crippen molar-refractivity contribution in [1.82, 2.24) is 5.32 Å². The fourth-order valence-corrected chi connectivity index (χ4v) is 3.00. The van der Waals surface area contributed by atoms with Crippen LogP contribution in [0.25, 0.3) is 11.1 Å². The Morgan fingerprint density at radius 2 is 1.55 bits per heavy atom. The molecule has 0 aliphatic rings. The number of hydrogen-bond acceptors (Lipinski definition) is 3. The average Bonchev–Trinajstić information content (AvgIpc) is 2.76. The van der Waals surface area contributed by atoms with Gasteiger partial charge in [0.15, 0.2) is 5.11 Å². The first-order chi connectivity index (χ1) is 14.2. The lowest BCUT2D eigenvalue weighted by Crippen LogP contribution is -2.34. The number of amides is 1. The summed E-state index contributed by atoms with van der Waals surface area (Å²) in [6, 6.07) is 25.0. The predicted molar refractivity (Wildman–Crippen MR) is 122 cm³/mol. The molecule has 1 amide bonds. The van der Waals surface area contributed by atoms with Crippen LogP contribution >= 0.6 is 12.2 Å². The zero-order valence-electron chi connectivity index (χ0n) is 16.4. The molecule has 0 aromatic heterocycles. The Morgan fingerprint density at radius 3 is 2.28 bits per heavy atom. The molecule has 0 heterocycles. The molecule has 3 rings (SSSR count). The minimum Gasteiger partial charge on any atom is -0.491 e. The number of nitrogens with one attached hydrogen (secondary N) is 2. The SMILES string of the molecule is CCCCOc1ccccc1NC(=S)NC(=O)c1ccc(-c2ccccc2)cc1. The Labute approximate surface area is 176 Å². The van der Waals surface area contributed by atoms with Gasteiger partial charge in [0.05, 0.1) is 12.3 Å². The van der Waals surface area contributed by atoms with E-state index in [1.165, 1.54) is 0 Å². The van der Waals surface area contributed by atoms with E-state index < -0.39 is 0 Å². The first-order valence-electron chi connectivity index (χ1n) is 9.67. The van der Waals surface area contributed by atoms with E-state index >= 15 is 0 Å². The second kappa shape index (κ2) is 10.4. The number of hydrogen-bond donors (Lipinski definition) is 2. The molecule has 0 radical (unpaired) electrons. The highest BCUT2D eigenvalue weighted by atomic mass is 32.1. The van der Waals surface area contributed by atoms with Crippen LogP contribution in [0.2, 0.25) is 0 Å². The quantitative estimate of drug-likeness (QED) is 0.394. The molecule has 4 nitrogen and oxygen atoms in total. The number of rotatable bonds is 7. The van der Waals surface area contributed by atoms with Crippen molar-refractivity contribution in [1.29, 1.82) is 0 Å². The molecule has 148 valence electrons. The maximum atomic E-state index is 12.5. The fourth-order valence-electron chi connectivity index (χ4n) is 2.80. The van der Waals surface area contributed by atoms with E-state index in [4.69, 9.17) is 17.0 Å². The number of ether oxygens (including phenoxy) is 1. The molecule has 0 atom stereocenters. The number of carbonyl (C=O) groups excluding carboxylic acids is 1. The van der Waals surface area contributed by atoms with Gasteiger partial charge in [-0.15, -0.1) is 0 Å². The van der Waals surface area contributed by atoms with Gasteiger partial charge in [-0.05, 0) is 54.0 Å². The lowest BCUT2D eigenvalue weighted by molar-refractivity contribution is 0.0977. The molecule has 5 heteroatoms. The summed E-state index contributed by atoms with van der Waals surface area (Å²) in [5, 5.41) is 6.00. The average molecular weight is 405 g/mol. The number of benzene rings is 3. The van der Waals surface area contributed by atoms with Gasteiger partial charge in [-0.2, -0.15) is 0 Å². The lowest BCUT2D eigenvalue weighted by Gasteiger charge is -2.14. The third-order valence-corrected chi connectivity index (χ3v) is 4.58. The smallest absolute Gasteiger partial charge is 0.257 e. The Bertz CT molecular complexity index is 956. The van der Waals surface area contributed by atoms with Crippen LogP contribution < -0.4 is 15.4 Å². The molecule has 0 unspecified atom stereocenters. The molecule has 0 saturated heterocycles. The molecule has 0 aliphatic carbocycles. The van der Waals surface area contributed by atoms with Crippen molar-refractivity contribution in [3.63, 3.8) is 0 Å². The summed E-state index contributed by atoms with van der Waals surface area (Å²) in [6.45, 7) is 2.76. The number of thiocarbonyl (C=S) groups is 1. The van der Waals surface area contributed by atoms with Crippen molar-refractivity contribution >= 4 is 28.9 Å². The van der Waals surface area contributed by atoms with Crippen LogP contribution in [0.3, 0.4) is 0 Å². The van der Waals surface area contributed by atoms with E-state index in [1.54, 1.807) is 12.1 Å².